The van der Waals surface area contributed by atoms with E-state index >= 15 is 0 Å². The first kappa shape index (κ1) is 19.7. The normalized spacial score (nSPS) is 17.4. The Bertz CT molecular complexity index is 883. The van der Waals surface area contributed by atoms with Gasteiger partial charge in [0, 0.05) is 13.1 Å². The van der Waals surface area contributed by atoms with Crippen molar-refractivity contribution < 1.29 is 22.4 Å². The highest BCUT2D eigenvalue weighted by atomic mass is 32.2. The van der Waals surface area contributed by atoms with E-state index in [1.165, 1.54) is 5.56 Å². The molecule has 2 aromatic carbocycles. The number of rotatable bonds is 7. The zero-order valence-electron chi connectivity index (χ0n) is 15.6. The molecule has 146 valence electrons. The molecule has 0 aromatic heterocycles. The van der Waals surface area contributed by atoms with Crippen LogP contribution < -0.4 is 9.47 Å². The van der Waals surface area contributed by atoms with Crippen LogP contribution in [0.25, 0.3) is 0 Å². The third kappa shape index (κ3) is 4.61. The van der Waals surface area contributed by atoms with Gasteiger partial charge in [0.25, 0.3) is 10.1 Å². The number of nitrogens with zero attached hydrogens (tertiary/aromatic N) is 1. The summed E-state index contributed by atoms with van der Waals surface area (Å²) in [6.45, 7) is 1.38. The van der Waals surface area contributed by atoms with Gasteiger partial charge in [-0.2, -0.15) is 8.42 Å². The van der Waals surface area contributed by atoms with Gasteiger partial charge in [-0.15, -0.1) is 0 Å². The Hall–Kier alpha value is -2.09. The minimum atomic E-state index is -3.95. The molecule has 0 spiro atoms. The number of methoxy groups -OCH3 is 2. The van der Waals surface area contributed by atoms with Gasteiger partial charge >= 0.3 is 0 Å². The fraction of sp³-hybridized carbons (Fsp3) is 0.400. The Balaban J connectivity index is 1.98. The van der Waals surface area contributed by atoms with Gasteiger partial charge in [0.2, 0.25) is 0 Å². The smallest absolute Gasteiger partial charge is 0.264 e. The van der Waals surface area contributed by atoms with Gasteiger partial charge in [-0.05, 0) is 41.7 Å². The van der Waals surface area contributed by atoms with Gasteiger partial charge < -0.3 is 9.47 Å². The van der Waals surface area contributed by atoms with Crippen molar-refractivity contribution in [3.63, 3.8) is 0 Å². The maximum absolute atomic E-state index is 11.1. The summed E-state index contributed by atoms with van der Waals surface area (Å²) in [7, 11) is -0.703. The van der Waals surface area contributed by atoms with Crippen molar-refractivity contribution in [1.82, 2.24) is 4.90 Å². The summed E-state index contributed by atoms with van der Waals surface area (Å²) in [5.41, 5.74) is 3.47. The van der Waals surface area contributed by atoms with Crippen LogP contribution in [0.1, 0.15) is 29.2 Å². The first-order valence-corrected chi connectivity index (χ1v) is 10.5. The molecule has 1 N–H and O–H groups in total. The molecule has 0 saturated carbocycles. The number of hydrogen-bond donors (Lipinski definition) is 1. The molecule has 0 amide bonds. The summed E-state index contributed by atoms with van der Waals surface area (Å²) in [4.78, 5) is 2.26. The highest BCUT2D eigenvalue weighted by Gasteiger charge is 2.30. The predicted molar refractivity (Wildman–Crippen MR) is 104 cm³/mol. The lowest BCUT2D eigenvalue weighted by molar-refractivity contribution is 0.212. The van der Waals surface area contributed by atoms with Crippen molar-refractivity contribution in [3.05, 3.63) is 59.2 Å². The molecule has 3 rings (SSSR count). The van der Waals surface area contributed by atoms with Crippen LogP contribution in [0.3, 0.4) is 0 Å². The van der Waals surface area contributed by atoms with Gasteiger partial charge in [0.15, 0.2) is 11.5 Å². The first-order valence-electron chi connectivity index (χ1n) is 8.92. The van der Waals surface area contributed by atoms with Gasteiger partial charge in [-0.3, -0.25) is 9.45 Å². The summed E-state index contributed by atoms with van der Waals surface area (Å²) >= 11 is 0. The SMILES string of the molecule is COc1cc2c(cc1OC)C(c1ccccc1)N(CCCS(=O)(=O)O)CC2. The zero-order valence-corrected chi connectivity index (χ0v) is 16.4. The molecule has 1 atom stereocenters. The van der Waals surface area contributed by atoms with Crippen LogP contribution >= 0.6 is 0 Å². The van der Waals surface area contributed by atoms with E-state index in [1.807, 2.05) is 30.3 Å². The second-order valence-electron chi connectivity index (χ2n) is 6.64. The van der Waals surface area contributed by atoms with Crippen molar-refractivity contribution in [2.45, 2.75) is 18.9 Å². The average molecular weight is 391 g/mol. The van der Waals surface area contributed by atoms with E-state index in [4.69, 9.17) is 14.0 Å². The predicted octanol–water partition coefficient (Wildman–Crippen LogP) is 2.93. The molecule has 6 nitrogen and oxygen atoms in total. The van der Waals surface area contributed by atoms with E-state index in [0.717, 1.165) is 24.1 Å². The Labute approximate surface area is 160 Å². The van der Waals surface area contributed by atoms with Crippen molar-refractivity contribution in [2.24, 2.45) is 0 Å². The van der Waals surface area contributed by atoms with E-state index in [1.54, 1.807) is 14.2 Å². The molecule has 0 fully saturated rings. The maximum Gasteiger partial charge on any atom is 0.264 e. The summed E-state index contributed by atoms with van der Waals surface area (Å²) in [6, 6.07) is 14.2. The highest BCUT2D eigenvalue weighted by Crippen LogP contribution is 2.40. The summed E-state index contributed by atoms with van der Waals surface area (Å²) in [5.74, 6) is 1.16. The minimum absolute atomic E-state index is 0.00356. The lowest BCUT2D eigenvalue weighted by Gasteiger charge is -2.38. The van der Waals surface area contributed by atoms with Crippen LogP contribution in [-0.4, -0.2) is 50.9 Å². The van der Waals surface area contributed by atoms with Crippen LogP contribution in [0.15, 0.2) is 42.5 Å². The average Bonchev–Trinajstić information content (AvgIpc) is 2.66. The quantitative estimate of drug-likeness (QED) is 0.732. The monoisotopic (exact) mass is 391 g/mol. The van der Waals surface area contributed by atoms with Gasteiger partial charge in [0.1, 0.15) is 0 Å². The van der Waals surface area contributed by atoms with Crippen molar-refractivity contribution in [3.8, 4) is 11.5 Å². The van der Waals surface area contributed by atoms with Crippen molar-refractivity contribution in [1.29, 1.82) is 0 Å². The van der Waals surface area contributed by atoms with Crippen molar-refractivity contribution >= 4 is 10.1 Å². The van der Waals surface area contributed by atoms with Crippen LogP contribution in [-0.2, 0) is 16.5 Å². The number of hydrogen-bond acceptors (Lipinski definition) is 5. The fourth-order valence-electron chi connectivity index (χ4n) is 3.71. The lowest BCUT2D eigenvalue weighted by atomic mass is 9.87. The zero-order chi connectivity index (χ0) is 19.4. The molecule has 1 aliphatic heterocycles. The van der Waals surface area contributed by atoms with E-state index in [9.17, 15) is 8.42 Å². The Morgan fingerprint density at radius 3 is 2.41 bits per heavy atom. The molecule has 27 heavy (non-hydrogen) atoms. The Morgan fingerprint density at radius 1 is 1.11 bits per heavy atom. The van der Waals surface area contributed by atoms with E-state index in [2.05, 4.69) is 17.0 Å². The summed E-state index contributed by atoms with van der Waals surface area (Å²) < 4.78 is 42.1. The topological polar surface area (TPSA) is 76.1 Å². The molecule has 2 aromatic rings. The molecule has 0 saturated heterocycles. The van der Waals surface area contributed by atoms with Crippen molar-refractivity contribution in [2.75, 3.05) is 33.1 Å². The fourth-order valence-corrected chi connectivity index (χ4v) is 4.21. The molecule has 1 aliphatic rings. The first-order chi connectivity index (χ1) is 12.9. The maximum atomic E-state index is 11.1. The van der Waals surface area contributed by atoms with Crippen LogP contribution in [0.2, 0.25) is 0 Å². The number of ether oxygens (including phenoxy) is 2. The summed E-state index contributed by atoms with van der Waals surface area (Å²) in [5, 5.41) is 0. The number of fused-ring (bicyclic) bond motifs is 1. The molecule has 1 heterocycles. The Morgan fingerprint density at radius 2 is 1.78 bits per heavy atom. The standard InChI is InChI=1S/C20H25NO5S/c1-25-18-13-16-9-11-21(10-6-12-27(22,23)24)20(15-7-4-3-5-8-15)17(16)14-19(18)26-2/h3-5,7-8,13-14,20H,6,9-12H2,1-2H3,(H,22,23,24). The van der Waals surface area contributed by atoms with E-state index in [-0.39, 0.29) is 11.8 Å². The van der Waals surface area contributed by atoms with Crippen LogP contribution in [0.4, 0.5) is 0 Å². The van der Waals surface area contributed by atoms with E-state index in [0.29, 0.717) is 24.5 Å². The lowest BCUT2D eigenvalue weighted by Crippen LogP contribution is -2.37. The minimum Gasteiger partial charge on any atom is -0.493 e. The summed E-state index contributed by atoms with van der Waals surface area (Å²) in [6.07, 6.45) is 1.22. The molecule has 0 radical (unpaired) electrons. The molecule has 1 unspecified atom stereocenters. The second-order valence-corrected chi connectivity index (χ2v) is 8.22. The van der Waals surface area contributed by atoms with Gasteiger partial charge in [-0.25, -0.2) is 0 Å². The van der Waals surface area contributed by atoms with Gasteiger partial charge in [-0.1, -0.05) is 30.3 Å². The third-order valence-corrected chi connectivity index (χ3v) is 5.74. The van der Waals surface area contributed by atoms with Crippen LogP contribution in [0.5, 0.6) is 11.5 Å². The second kappa shape index (κ2) is 8.29. The number of benzene rings is 2. The highest BCUT2D eigenvalue weighted by molar-refractivity contribution is 7.85. The van der Waals surface area contributed by atoms with Gasteiger partial charge in [0.05, 0.1) is 26.0 Å². The molecular formula is C20H25NO5S. The molecule has 7 heteroatoms. The largest absolute Gasteiger partial charge is 0.493 e. The third-order valence-electron chi connectivity index (χ3n) is 4.94. The van der Waals surface area contributed by atoms with E-state index < -0.39 is 10.1 Å². The Kier molecular flexibility index (Phi) is 6.04. The van der Waals surface area contributed by atoms with Crippen LogP contribution in [0, 0.1) is 0 Å². The molecule has 0 bridgehead atoms. The molecular weight excluding hydrogens is 366 g/mol. The molecule has 0 aliphatic carbocycles.